The lowest BCUT2D eigenvalue weighted by molar-refractivity contribution is -0.119. The summed E-state index contributed by atoms with van der Waals surface area (Å²) in [7, 11) is 0. The summed E-state index contributed by atoms with van der Waals surface area (Å²) in [4.78, 5) is 14.9. The molecule has 4 rings (SSSR count). The molecule has 0 unspecified atom stereocenters. The molecule has 1 aliphatic carbocycles. The van der Waals surface area contributed by atoms with Crippen LogP contribution in [0.15, 0.2) is 18.3 Å². The molecule has 0 aromatic carbocycles. The summed E-state index contributed by atoms with van der Waals surface area (Å²) in [6, 6.07) is 4.45. The predicted molar refractivity (Wildman–Crippen MR) is 109 cm³/mol. The average molecular weight is 385 g/mol. The SMILES string of the molecule is CC(C)c1cc(CN2CCC(n3nccc3NC(=O)C3CCCC3)CC2)[nH]n1. The maximum Gasteiger partial charge on any atom is 0.228 e. The van der Waals surface area contributed by atoms with E-state index in [4.69, 9.17) is 0 Å². The molecule has 0 radical (unpaired) electrons. The Balaban J connectivity index is 1.31. The number of piperidine rings is 1. The number of aromatic nitrogens is 4. The van der Waals surface area contributed by atoms with Crippen molar-refractivity contribution in [1.82, 2.24) is 24.9 Å². The molecule has 2 aromatic heterocycles. The average Bonchev–Trinajstić information content (AvgIpc) is 3.44. The molecule has 2 N–H and O–H groups in total. The first-order valence-corrected chi connectivity index (χ1v) is 10.7. The molecular weight excluding hydrogens is 352 g/mol. The molecular formula is C21H32N6O. The van der Waals surface area contributed by atoms with Crippen LogP contribution in [0.4, 0.5) is 5.82 Å². The molecule has 7 nitrogen and oxygen atoms in total. The Kier molecular flexibility index (Phi) is 5.80. The Morgan fingerprint density at radius 1 is 1.25 bits per heavy atom. The van der Waals surface area contributed by atoms with Crippen LogP contribution in [0.2, 0.25) is 0 Å². The Labute approximate surface area is 166 Å². The van der Waals surface area contributed by atoms with E-state index in [1.54, 1.807) is 6.20 Å². The predicted octanol–water partition coefficient (Wildman–Crippen LogP) is 3.70. The quantitative estimate of drug-likeness (QED) is 0.796. The number of nitrogens with one attached hydrogen (secondary N) is 2. The van der Waals surface area contributed by atoms with Crippen LogP contribution in [0, 0.1) is 5.92 Å². The molecule has 0 bridgehead atoms. The van der Waals surface area contributed by atoms with Gasteiger partial charge in [-0.2, -0.15) is 10.2 Å². The minimum absolute atomic E-state index is 0.164. The van der Waals surface area contributed by atoms with Gasteiger partial charge in [0.05, 0.1) is 17.9 Å². The van der Waals surface area contributed by atoms with Crippen molar-refractivity contribution in [2.45, 2.75) is 70.9 Å². The highest BCUT2D eigenvalue weighted by Crippen LogP contribution is 2.29. The Bertz CT molecular complexity index is 780. The van der Waals surface area contributed by atoms with Crippen molar-refractivity contribution in [3.05, 3.63) is 29.7 Å². The molecule has 7 heteroatoms. The number of H-pyrrole nitrogens is 1. The summed E-state index contributed by atoms with van der Waals surface area (Å²) in [5.74, 6) is 1.64. The molecule has 152 valence electrons. The molecule has 1 amide bonds. The van der Waals surface area contributed by atoms with E-state index in [0.29, 0.717) is 12.0 Å². The number of carbonyl (C=O) groups is 1. The van der Waals surface area contributed by atoms with Gasteiger partial charge in [-0.15, -0.1) is 0 Å². The molecule has 2 aromatic rings. The summed E-state index contributed by atoms with van der Waals surface area (Å²) in [5, 5.41) is 15.2. The molecule has 1 saturated heterocycles. The van der Waals surface area contributed by atoms with Gasteiger partial charge in [0.25, 0.3) is 0 Å². The van der Waals surface area contributed by atoms with Crippen LogP contribution in [0.25, 0.3) is 0 Å². The zero-order chi connectivity index (χ0) is 19.5. The third kappa shape index (κ3) is 4.29. The normalized spacial score (nSPS) is 19.5. The van der Waals surface area contributed by atoms with E-state index in [9.17, 15) is 4.79 Å². The molecule has 0 spiro atoms. The third-order valence-electron chi connectivity index (χ3n) is 6.19. The first-order valence-electron chi connectivity index (χ1n) is 10.7. The van der Waals surface area contributed by atoms with Crippen LogP contribution in [0.1, 0.15) is 75.7 Å². The topological polar surface area (TPSA) is 78.8 Å². The number of carbonyl (C=O) groups excluding carboxylic acids is 1. The third-order valence-corrected chi connectivity index (χ3v) is 6.19. The summed E-state index contributed by atoms with van der Waals surface area (Å²) in [5.41, 5.74) is 2.31. The molecule has 2 aliphatic rings. The van der Waals surface area contributed by atoms with Crippen molar-refractivity contribution < 1.29 is 4.79 Å². The highest BCUT2D eigenvalue weighted by Gasteiger charge is 2.26. The van der Waals surface area contributed by atoms with Crippen molar-refractivity contribution in [3.63, 3.8) is 0 Å². The van der Waals surface area contributed by atoms with Crippen molar-refractivity contribution >= 4 is 11.7 Å². The second-order valence-electron chi connectivity index (χ2n) is 8.61. The largest absolute Gasteiger partial charge is 0.311 e. The highest BCUT2D eigenvalue weighted by molar-refractivity contribution is 5.91. The van der Waals surface area contributed by atoms with Crippen LogP contribution < -0.4 is 5.32 Å². The number of aromatic amines is 1. The van der Waals surface area contributed by atoms with E-state index in [0.717, 1.165) is 56.8 Å². The van der Waals surface area contributed by atoms with Crippen LogP contribution in [-0.2, 0) is 11.3 Å². The summed E-state index contributed by atoms with van der Waals surface area (Å²) in [6.45, 7) is 7.29. The lowest BCUT2D eigenvalue weighted by Gasteiger charge is -2.32. The van der Waals surface area contributed by atoms with Gasteiger partial charge >= 0.3 is 0 Å². The Morgan fingerprint density at radius 3 is 2.68 bits per heavy atom. The van der Waals surface area contributed by atoms with Gasteiger partial charge in [-0.25, -0.2) is 4.68 Å². The van der Waals surface area contributed by atoms with Gasteiger partial charge in [0.15, 0.2) is 0 Å². The van der Waals surface area contributed by atoms with Crippen LogP contribution in [0.3, 0.4) is 0 Å². The van der Waals surface area contributed by atoms with Gasteiger partial charge in [0.1, 0.15) is 5.82 Å². The molecule has 28 heavy (non-hydrogen) atoms. The number of rotatable bonds is 6. The smallest absolute Gasteiger partial charge is 0.228 e. The van der Waals surface area contributed by atoms with Crippen LogP contribution >= 0.6 is 0 Å². The zero-order valence-electron chi connectivity index (χ0n) is 17.0. The first kappa shape index (κ1) is 19.2. The zero-order valence-corrected chi connectivity index (χ0v) is 17.0. The number of anilines is 1. The van der Waals surface area contributed by atoms with E-state index in [2.05, 4.69) is 45.4 Å². The fourth-order valence-electron chi connectivity index (χ4n) is 4.44. The summed E-state index contributed by atoms with van der Waals surface area (Å²) >= 11 is 0. The van der Waals surface area contributed by atoms with Crippen molar-refractivity contribution in [3.8, 4) is 0 Å². The number of likely N-dealkylation sites (tertiary alicyclic amines) is 1. The number of hydrogen-bond acceptors (Lipinski definition) is 4. The Hall–Kier alpha value is -2.15. The second kappa shape index (κ2) is 8.47. The maximum atomic E-state index is 12.5. The minimum Gasteiger partial charge on any atom is -0.311 e. The van der Waals surface area contributed by atoms with Gasteiger partial charge in [-0.1, -0.05) is 26.7 Å². The van der Waals surface area contributed by atoms with Gasteiger partial charge in [0, 0.05) is 37.3 Å². The molecule has 2 fully saturated rings. The van der Waals surface area contributed by atoms with E-state index >= 15 is 0 Å². The van der Waals surface area contributed by atoms with Gasteiger partial charge in [-0.05, 0) is 37.7 Å². The minimum atomic E-state index is 0.164. The van der Waals surface area contributed by atoms with Crippen molar-refractivity contribution in [2.24, 2.45) is 5.92 Å². The molecule has 1 aliphatic heterocycles. The Morgan fingerprint density at radius 2 is 2.00 bits per heavy atom. The van der Waals surface area contributed by atoms with Crippen LogP contribution in [0.5, 0.6) is 0 Å². The number of nitrogens with zero attached hydrogens (tertiary/aromatic N) is 4. The van der Waals surface area contributed by atoms with E-state index in [1.165, 1.54) is 18.5 Å². The molecule has 1 saturated carbocycles. The fourth-order valence-corrected chi connectivity index (χ4v) is 4.44. The number of hydrogen-bond donors (Lipinski definition) is 2. The summed E-state index contributed by atoms with van der Waals surface area (Å²) < 4.78 is 2.03. The van der Waals surface area contributed by atoms with Gasteiger partial charge in [-0.3, -0.25) is 14.8 Å². The molecule has 3 heterocycles. The number of amides is 1. The fraction of sp³-hybridized carbons (Fsp3) is 0.667. The van der Waals surface area contributed by atoms with Gasteiger partial charge < -0.3 is 5.32 Å². The maximum absolute atomic E-state index is 12.5. The van der Waals surface area contributed by atoms with Crippen molar-refractivity contribution in [1.29, 1.82) is 0 Å². The standard InChI is InChI=1S/C21H32N6O/c1-15(2)19-13-17(24-25-19)14-26-11-8-18(9-12-26)27-20(7-10-22-27)23-21(28)16-5-3-4-6-16/h7,10,13,15-16,18H,3-6,8-9,11-12,14H2,1-2H3,(H,23,28)(H,24,25). The van der Waals surface area contributed by atoms with Crippen molar-refractivity contribution in [2.75, 3.05) is 18.4 Å². The lowest BCUT2D eigenvalue weighted by atomic mass is 10.0. The monoisotopic (exact) mass is 384 g/mol. The van der Waals surface area contributed by atoms with E-state index in [1.807, 2.05) is 10.7 Å². The van der Waals surface area contributed by atoms with Gasteiger partial charge in [0.2, 0.25) is 5.91 Å². The van der Waals surface area contributed by atoms with Crippen LogP contribution in [-0.4, -0.2) is 43.9 Å². The first-order chi connectivity index (χ1) is 13.6. The van der Waals surface area contributed by atoms with E-state index < -0.39 is 0 Å². The lowest BCUT2D eigenvalue weighted by Crippen LogP contribution is -2.35. The van der Waals surface area contributed by atoms with E-state index in [-0.39, 0.29) is 11.8 Å². The second-order valence-corrected chi connectivity index (χ2v) is 8.61. The summed E-state index contributed by atoms with van der Waals surface area (Å²) in [6.07, 6.45) is 8.26. The molecule has 0 atom stereocenters. The highest BCUT2D eigenvalue weighted by atomic mass is 16.2.